The molecule has 3 nitrogen and oxygen atoms in total. The molecule has 1 aromatic heterocycles. The van der Waals surface area contributed by atoms with Crippen LogP contribution >= 0.6 is 11.3 Å². The van der Waals surface area contributed by atoms with Crippen molar-refractivity contribution in [1.29, 1.82) is 0 Å². The molecular formula is C16H18N2OS. The Bertz CT molecular complexity index is 553. The van der Waals surface area contributed by atoms with Crippen LogP contribution in [0.1, 0.15) is 27.7 Å². The Labute approximate surface area is 123 Å². The summed E-state index contributed by atoms with van der Waals surface area (Å²) in [5, 5.41) is 5.39. The summed E-state index contributed by atoms with van der Waals surface area (Å²) in [4.78, 5) is 15.5. The molecule has 1 aliphatic rings. The molecule has 104 valence electrons. The van der Waals surface area contributed by atoms with Gasteiger partial charge in [0.2, 0.25) is 0 Å². The Morgan fingerprint density at radius 2 is 2.05 bits per heavy atom. The van der Waals surface area contributed by atoms with Crippen molar-refractivity contribution in [2.45, 2.75) is 12.5 Å². The van der Waals surface area contributed by atoms with E-state index in [1.165, 1.54) is 16.9 Å². The van der Waals surface area contributed by atoms with E-state index in [1.54, 1.807) is 0 Å². The molecule has 1 unspecified atom stereocenters. The Morgan fingerprint density at radius 3 is 2.80 bits per heavy atom. The second-order valence-electron chi connectivity index (χ2n) is 4.96. The predicted molar refractivity (Wildman–Crippen MR) is 82.0 cm³/mol. The number of hydrogen-bond acceptors (Lipinski definition) is 3. The molecule has 20 heavy (non-hydrogen) atoms. The van der Waals surface area contributed by atoms with E-state index >= 15 is 0 Å². The van der Waals surface area contributed by atoms with Gasteiger partial charge in [-0.15, -0.1) is 11.3 Å². The molecule has 3 rings (SSSR count). The lowest BCUT2D eigenvalue weighted by Gasteiger charge is -2.30. The number of carbonyl (C=O) groups excluding carboxylic acids is 1. The van der Waals surface area contributed by atoms with E-state index in [2.05, 4.69) is 17.4 Å². The van der Waals surface area contributed by atoms with Gasteiger partial charge in [-0.3, -0.25) is 4.79 Å². The Balaban J connectivity index is 1.90. The van der Waals surface area contributed by atoms with Crippen molar-refractivity contribution in [3.63, 3.8) is 0 Å². The van der Waals surface area contributed by atoms with E-state index in [1.807, 2.05) is 40.6 Å². The van der Waals surface area contributed by atoms with Gasteiger partial charge in [-0.2, -0.15) is 0 Å². The fourth-order valence-electron chi connectivity index (χ4n) is 2.64. The van der Waals surface area contributed by atoms with E-state index in [9.17, 15) is 4.79 Å². The van der Waals surface area contributed by atoms with E-state index < -0.39 is 0 Å². The van der Waals surface area contributed by atoms with Gasteiger partial charge in [0.25, 0.3) is 5.91 Å². The third-order valence-electron chi connectivity index (χ3n) is 3.64. The molecule has 1 N–H and O–H groups in total. The van der Waals surface area contributed by atoms with Crippen LogP contribution in [0.15, 0.2) is 47.8 Å². The van der Waals surface area contributed by atoms with Gasteiger partial charge in [0.05, 0.1) is 10.9 Å². The van der Waals surface area contributed by atoms with Crippen LogP contribution in [-0.2, 0) is 0 Å². The predicted octanol–water partition coefficient (Wildman–Crippen LogP) is 2.92. The van der Waals surface area contributed by atoms with Crippen LogP contribution in [0, 0.1) is 0 Å². The third kappa shape index (κ3) is 2.76. The van der Waals surface area contributed by atoms with Gasteiger partial charge in [0, 0.05) is 13.1 Å². The third-order valence-corrected chi connectivity index (χ3v) is 4.50. The monoisotopic (exact) mass is 286 g/mol. The summed E-state index contributed by atoms with van der Waals surface area (Å²) in [7, 11) is 0. The van der Waals surface area contributed by atoms with Gasteiger partial charge in [-0.1, -0.05) is 36.4 Å². The van der Waals surface area contributed by atoms with Crippen molar-refractivity contribution in [2.75, 3.05) is 19.6 Å². The van der Waals surface area contributed by atoms with E-state index in [0.29, 0.717) is 0 Å². The quantitative estimate of drug-likeness (QED) is 0.920. The summed E-state index contributed by atoms with van der Waals surface area (Å²) in [6, 6.07) is 14.3. The number of nitrogens with zero attached hydrogens (tertiary/aromatic N) is 1. The van der Waals surface area contributed by atoms with E-state index in [4.69, 9.17) is 0 Å². The van der Waals surface area contributed by atoms with Gasteiger partial charge in [0.1, 0.15) is 0 Å². The van der Waals surface area contributed by atoms with Gasteiger partial charge in [-0.25, -0.2) is 0 Å². The minimum atomic E-state index is 0.119. The molecule has 2 heterocycles. The molecule has 1 aromatic carbocycles. The largest absolute Gasteiger partial charge is 0.330 e. The summed E-state index contributed by atoms with van der Waals surface area (Å²) < 4.78 is 0. The number of nitrogens with one attached hydrogen (secondary N) is 1. The summed E-state index contributed by atoms with van der Waals surface area (Å²) in [5.74, 6) is 0.151. The zero-order valence-electron chi connectivity index (χ0n) is 11.3. The standard InChI is InChI=1S/C16H18N2OS/c19-16(15-8-4-11-20-15)18-10-5-9-17-12-14(18)13-6-2-1-3-7-13/h1-4,6-8,11,14,17H,5,9-10,12H2. The molecule has 1 aliphatic heterocycles. The normalized spacial score (nSPS) is 19.6. The van der Waals surface area contributed by atoms with E-state index in [-0.39, 0.29) is 11.9 Å². The maximum atomic E-state index is 12.7. The Hall–Kier alpha value is -1.65. The molecule has 0 bridgehead atoms. The van der Waals surface area contributed by atoms with Crippen LogP contribution < -0.4 is 5.32 Å². The average Bonchev–Trinajstić information content (AvgIpc) is 2.92. The van der Waals surface area contributed by atoms with Crippen LogP contribution in [0.25, 0.3) is 0 Å². The minimum Gasteiger partial charge on any atom is -0.330 e. The lowest BCUT2D eigenvalue weighted by molar-refractivity contribution is 0.0696. The fraction of sp³-hybridized carbons (Fsp3) is 0.312. The van der Waals surface area contributed by atoms with Gasteiger partial charge in [-0.05, 0) is 30.0 Å². The van der Waals surface area contributed by atoms with Gasteiger partial charge in [0.15, 0.2) is 0 Å². The number of benzene rings is 1. The fourth-order valence-corrected chi connectivity index (χ4v) is 3.32. The highest BCUT2D eigenvalue weighted by Gasteiger charge is 2.27. The molecule has 4 heteroatoms. The lowest BCUT2D eigenvalue weighted by Crippen LogP contribution is -2.37. The average molecular weight is 286 g/mol. The van der Waals surface area contributed by atoms with Crippen LogP contribution in [0.4, 0.5) is 0 Å². The molecule has 2 aromatic rings. The first-order chi connectivity index (χ1) is 9.86. The zero-order valence-corrected chi connectivity index (χ0v) is 12.1. The molecule has 0 saturated carbocycles. The van der Waals surface area contributed by atoms with Gasteiger partial charge >= 0.3 is 0 Å². The molecule has 0 aliphatic carbocycles. The number of carbonyl (C=O) groups is 1. The van der Waals surface area contributed by atoms with E-state index in [0.717, 1.165) is 30.9 Å². The summed E-state index contributed by atoms with van der Waals surface area (Å²) in [5.41, 5.74) is 1.20. The molecule has 1 amide bonds. The van der Waals surface area contributed by atoms with Crippen molar-refractivity contribution in [1.82, 2.24) is 10.2 Å². The first kappa shape index (κ1) is 13.3. The second-order valence-corrected chi connectivity index (χ2v) is 5.91. The molecule has 1 fully saturated rings. The molecule has 0 spiro atoms. The molecule has 1 atom stereocenters. The van der Waals surface area contributed by atoms with Crippen LogP contribution in [0.5, 0.6) is 0 Å². The topological polar surface area (TPSA) is 32.3 Å². The van der Waals surface area contributed by atoms with Gasteiger partial charge < -0.3 is 10.2 Å². The summed E-state index contributed by atoms with van der Waals surface area (Å²) in [6.45, 7) is 2.60. The number of rotatable bonds is 2. The van der Waals surface area contributed by atoms with Crippen molar-refractivity contribution >= 4 is 17.2 Å². The van der Waals surface area contributed by atoms with Crippen LogP contribution in [0.3, 0.4) is 0 Å². The second kappa shape index (κ2) is 6.20. The number of hydrogen-bond donors (Lipinski definition) is 1. The highest BCUT2D eigenvalue weighted by Crippen LogP contribution is 2.25. The first-order valence-electron chi connectivity index (χ1n) is 6.96. The number of thiophene rings is 1. The molecule has 1 saturated heterocycles. The van der Waals surface area contributed by atoms with Crippen molar-refractivity contribution in [3.05, 3.63) is 58.3 Å². The highest BCUT2D eigenvalue weighted by atomic mass is 32.1. The van der Waals surface area contributed by atoms with Crippen molar-refractivity contribution in [3.8, 4) is 0 Å². The molecular weight excluding hydrogens is 268 g/mol. The summed E-state index contributed by atoms with van der Waals surface area (Å²) >= 11 is 1.52. The maximum Gasteiger partial charge on any atom is 0.264 e. The lowest BCUT2D eigenvalue weighted by atomic mass is 10.1. The Kier molecular flexibility index (Phi) is 4.14. The highest BCUT2D eigenvalue weighted by molar-refractivity contribution is 7.12. The minimum absolute atomic E-state index is 0.119. The first-order valence-corrected chi connectivity index (χ1v) is 7.84. The zero-order chi connectivity index (χ0) is 13.8. The maximum absolute atomic E-state index is 12.7. The van der Waals surface area contributed by atoms with Crippen LogP contribution in [-0.4, -0.2) is 30.4 Å². The summed E-state index contributed by atoms with van der Waals surface area (Å²) in [6.07, 6.45) is 1.00. The van der Waals surface area contributed by atoms with Crippen molar-refractivity contribution in [2.24, 2.45) is 0 Å². The van der Waals surface area contributed by atoms with Crippen LogP contribution in [0.2, 0.25) is 0 Å². The Morgan fingerprint density at radius 1 is 1.20 bits per heavy atom. The number of amides is 1. The molecule has 0 radical (unpaired) electrons. The smallest absolute Gasteiger partial charge is 0.264 e. The SMILES string of the molecule is O=C(c1cccs1)N1CCCNCC1c1ccccc1. The van der Waals surface area contributed by atoms with Crippen molar-refractivity contribution < 1.29 is 4.79 Å².